The van der Waals surface area contributed by atoms with Crippen molar-refractivity contribution in [3.8, 4) is 26.9 Å². The Labute approximate surface area is 187 Å². The van der Waals surface area contributed by atoms with Gasteiger partial charge in [0.05, 0.1) is 22.7 Å². The van der Waals surface area contributed by atoms with Gasteiger partial charge >= 0.3 is 0 Å². The number of ether oxygens (including phenoxy) is 1. The Morgan fingerprint density at radius 2 is 1.93 bits per heavy atom. The highest BCUT2D eigenvalue weighted by Gasteiger charge is 2.17. The quantitative estimate of drug-likeness (QED) is 0.451. The molecule has 3 rings (SSSR count). The number of nitrogens with two attached hydrogens (primary N) is 1. The number of hydrogen-bond acceptors (Lipinski definition) is 8. The normalized spacial score (nSPS) is 12.3. The molecule has 11 heteroatoms. The summed E-state index contributed by atoms with van der Waals surface area (Å²) in [6.07, 6.45) is 1.64. The number of nitrogens with one attached hydrogen (secondary N) is 1. The number of pyridine rings is 1. The van der Waals surface area contributed by atoms with E-state index in [4.69, 9.17) is 38.8 Å². The molecule has 7 nitrogen and oxygen atoms in total. The van der Waals surface area contributed by atoms with Gasteiger partial charge in [0, 0.05) is 29.4 Å². The Bertz CT molecular complexity index is 1030. The minimum Gasteiger partial charge on any atom is -0.489 e. The molecule has 0 amide bonds. The Morgan fingerprint density at radius 3 is 2.60 bits per heavy atom. The van der Waals surface area contributed by atoms with Gasteiger partial charge in [0.15, 0.2) is 11.6 Å². The molecule has 0 saturated heterocycles. The summed E-state index contributed by atoms with van der Waals surface area (Å²) in [7, 11) is 0. The van der Waals surface area contributed by atoms with Gasteiger partial charge in [0.1, 0.15) is 22.4 Å². The third kappa shape index (κ3) is 5.35. The lowest BCUT2D eigenvalue weighted by Crippen LogP contribution is -2.31. The highest BCUT2D eigenvalue weighted by Crippen LogP contribution is 2.37. The van der Waals surface area contributed by atoms with Crippen LogP contribution in [0.1, 0.15) is 13.8 Å². The number of benzene rings is 1. The predicted molar refractivity (Wildman–Crippen MR) is 118 cm³/mol. The molecule has 0 bridgehead atoms. The smallest absolute Gasteiger partial charge is 0.165 e. The molecule has 160 valence electrons. The number of aromatic nitrogens is 3. The van der Waals surface area contributed by atoms with Crippen molar-refractivity contribution in [3.05, 3.63) is 40.3 Å². The summed E-state index contributed by atoms with van der Waals surface area (Å²) in [5.41, 5.74) is 6.64. The number of rotatable bonds is 8. The summed E-state index contributed by atoms with van der Waals surface area (Å²) >= 11 is 13.8. The SMILES string of the molecule is CC(C)Nc1ncc(-c2nnc(-c3cc(F)c(OC[C@H](N)CO)cc3Cl)s2)cc1Cl. The Kier molecular flexibility index (Phi) is 7.43. The van der Waals surface area contributed by atoms with E-state index in [-0.39, 0.29) is 30.0 Å². The lowest BCUT2D eigenvalue weighted by atomic mass is 10.2. The number of halogens is 3. The van der Waals surface area contributed by atoms with Crippen molar-refractivity contribution in [2.24, 2.45) is 5.73 Å². The number of aliphatic hydroxyl groups excluding tert-OH is 1. The van der Waals surface area contributed by atoms with E-state index < -0.39 is 11.9 Å². The Balaban J connectivity index is 1.84. The first-order valence-corrected chi connectivity index (χ1v) is 10.6. The van der Waals surface area contributed by atoms with Crippen LogP contribution >= 0.6 is 34.5 Å². The second kappa shape index (κ2) is 9.84. The molecule has 0 aliphatic carbocycles. The summed E-state index contributed by atoms with van der Waals surface area (Å²) in [4.78, 5) is 4.33. The van der Waals surface area contributed by atoms with Gasteiger partial charge in [0.2, 0.25) is 0 Å². The van der Waals surface area contributed by atoms with Crippen LogP contribution in [0.3, 0.4) is 0 Å². The molecule has 2 heterocycles. The molecule has 2 aromatic heterocycles. The van der Waals surface area contributed by atoms with Crippen LogP contribution in [0.5, 0.6) is 5.75 Å². The Hall–Kier alpha value is -2.04. The van der Waals surface area contributed by atoms with Crippen molar-refractivity contribution in [1.82, 2.24) is 15.2 Å². The molecular formula is C19H20Cl2FN5O2S. The van der Waals surface area contributed by atoms with Crippen molar-refractivity contribution in [2.75, 3.05) is 18.5 Å². The highest BCUT2D eigenvalue weighted by atomic mass is 35.5. The van der Waals surface area contributed by atoms with E-state index in [1.807, 2.05) is 13.8 Å². The fourth-order valence-electron chi connectivity index (χ4n) is 2.44. The molecule has 1 atom stereocenters. The van der Waals surface area contributed by atoms with Gasteiger partial charge < -0.3 is 20.9 Å². The minimum atomic E-state index is -0.620. The monoisotopic (exact) mass is 471 g/mol. The zero-order chi connectivity index (χ0) is 21.8. The fraction of sp³-hybridized carbons (Fsp3) is 0.316. The van der Waals surface area contributed by atoms with E-state index in [0.717, 1.165) is 0 Å². The van der Waals surface area contributed by atoms with Crippen LogP contribution in [0.15, 0.2) is 24.4 Å². The predicted octanol–water partition coefficient (Wildman–Crippen LogP) is 4.23. The zero-order valence-electron chi connectivity index (χ0n) is 16.2. The van der Waals surface area contributed by atoms with Crippen LogP contribution in [0.4, 0.5) is 10.2 Å². The second-order valence-corrected chi connectivity index (χ2v) is 8.57. The van der Waals surface area contributed by atoms with Crippen molar-refractivity contribution in [2.45, 2.75) is 25.9 Å². The summed E-state index contributed by atoms with van der Waals surface area (Å²) in [6.45, 7) is 3.67. The standard InChI is InChI=1S/C19H20Cl2FN5O2S/c1-9(2)25-17-14(21)3-10(6-24-17)18-26-27-19(30-18)12-4-15(22)16(5-13(12)20)29-8-11(23)7-28/h3-6,9,11,28H,7-8,23H2,1-2H3,(H,24,25)/t11-/m1/s1. The maximum Gasteiger partial charge on any atom is 0.165 e. The van der Waals surface area contributed by atoms with Gasteiger partial charge in [-0.2, -0.15) is 0 Å². The van der Waals surface area contributed by atoms with Crippen molar-refractivity contribution < 1.29 is 14.2 Å². The van der Waals surface area contributed by atoms with Gasteiger partial charge in [-0.05, 0) is 26.0 Å². The molecule has 0 aliphatic heterocycles. The molecule has 0 fully saturated rings. The van der Waals surface area contributed by atoms with Gasteiger partial charge in [-0.25, -0.2) is 9.37 Å². The molecule has 0 aliphatic rings. The molecule has 0 saturated carbocycles. The van der Waals surface area contributed by atoms with Crippen LogP contribution in [0.2, 0.25) is 10.0 Å². The average Bonchev–Trinajstić information content (AvgIpc) is 3.19. The topological polar surface area (TPSA) is 106 Å². The molecule has 0 spiro atoms. The zero-order valence-corrected chi connectivity index (χ0v) is 18.5. The van der Waals surface area contributed by atoms with Gasteiger partial charge in [-0.3, -0.25) is 0 Å². The lowest BCUT2D eigenvalue weighted by Gasteiger charge is -2.12. The minimum absolute atomic E-state index is 0.0402. The number of hydrogen-bond donors (Lipinski definition) is 3. The summed E-state index contributed by atoms with van der Waals surface area (Å²) in [6, 6.07) is 3.90. The molecule has 4 N–H and O–H groups in total. The number of nitrogens with zero attached hydrogens (tertiary/aromatic N) is 3. The van der Waals surface area contributed by atoms with Gasteiger partial charge in [-0.15, -0.1) is 10.2 Å². The average molecular weight is 472 g/mol. The maximum absolute atomic E-state index is 14.4. The summed E-state index contributed by atoms with van der Waals surface area (Å²) < 4.78 is 19.7. The number of anilines is 1. The lowest BCUT2D eigenvalue weighted by molar-refractivity contribution is 0.202. The first-order chi connectivity index (χ1) is 14.3. The fourth-order valence-corrected chi connectivity index (χ4v) is 3.81. The van der Waals surface area contributed by atoms with Crippen molar-refractivity contribution in [1.29, 1.82) is 0 Å². The van der Waals surface area contributed by atoms with E-state index in [0.29, 0.717) is 32.0 Å². The van der Waals surface area contributed by atoms with Crippen LogP contribution in [-0.4, -0.2) is 45.6 Å². The van der Waals surface area contributed by atoms with E-state index in [1.54, 1.807) is 12.3 Å². The summed E-state index contributed by atoms with van der Waals surface area (Å²) in [5.74, 6) is -0.0894. The summed E-state index contributed by atoms with van der Waals surface area (Å²) in [5, 5.41) is 22.1. The van der Waals surface area contributed by atoms with E-state index >= 15 is 0 Å². The molecule has 3 aromatic rings. The van der Waals surface area contributed by atoms with E-state index in [1.165, 1.54) is 23.5 Å². The molecule has 0 radical (unpaired) electrons. The Morgan fingerprint density at radius 1 is 1.20 bits per heavy atom. The van der Waals surface area contributed by atoms with Crippen molar-refractivity contribution >= 4 is 40.4 Å². The van der Waals surface area contributed by atoms with E-state index in [2.05, 4.69) is 20.5 Å². The molecular weight excluding hydrogens is 452 g/mol. The van der Waals surface area contributed by atoms with Crippen LogP contribution in [0.25, 0.3) is 21.1 Å². The molecule has 1 aromatic carbocycles. The largest absolute Gasteiger partial charge is 0.489 e. The third-order valence-corrected chi connectivity index (χ3v) is 5.48. The van der Waals surface area contributed by atoms with Crippen LogP contribution in [0, 0.1) is 5.82 Å². The molecule has 0 unspecified atom stereocenters. The maximum atomic E-state index is 14.4. The van der Waals surface area contributed by atoms with E-state index in [9.17, 15) is 4.39 Å². The van der Waals surface area contributed by atoms with Gasteiger partial charge in [-0.1, -0.05) is 34.5 Å². The molecule has 30 heavy (non-hydrogen) atoms. The third-order valence-electron chi connectivity index (χ3n) is 3.88. The van der Waals surface area contributed by atoms with Crippen molar-refractivity contribution in [3.63, 3.8) is 0 Å². The second-order valence-electron chi connectivity index (χ2n) is 6.78. The van der Waals surface area contributed by atoms with Crippen LogP contribution < -0.4 is 15.8 Å². The first kappa shape index (κ1) is 22.6. The van der Waals surface area contributed by atoms with Crippen LogP contribution in [-0.2, 0) is 0 Å². The highest BCUT2D eigenvalue weighted by molar-refractivity contribution is 7.18. The van der Waals surface area contributed by atoms with Gasteiger partial charge in [0.25, 0.3) is 0 Å². The number of aliphatic hydroxyl groups is 1. The first-order valence-electron chi connectivity index (χ1n) is 9.03.